The van der Waals surface area contributed by atoms with Crippen molar-refractivity contribution in [2.45, 2.75) is 12.6 Å². The molecule has 0 fully saturated rings. The third-order valence-electron chi connectivity index (χ3n) is 2.58. The van der Waals surface area contributed by atoms with E-state index >= 15 is 0 Å². The first kappa shape index (κ1) is 13.9. The van der Waals surface area contributed by atoms with Gasteiger partial charge in [-0.1, -0.05) is 23.7 Å². The van der Waals surface area contributed by atoms with Crippen molar-refractivity contribution in [2.24, 2.45) is 0 Å². The van der Waals surface area contributed by atoms with Gasteiger partial charge in [-0.25, -0.2) is 4.39 Å². The number of halogens is 5. The van der Waals surface area contributed by atoms with Crippen molar-refractivity contribution in [3.05, 3.63) is 70.0 Å². The molecule has 0 amide bonds. The van der Waals surface area contributed by atoms with Crippen LogP contribution in [0.3, 0.4) is 0 Å². The minimum atomic E-state index is -4.55. The summed E-state index contributed by atoms with van der Waals surface area (Å²) in [4.78, 5) is 0. The van der Waals surface area contributed by atoms with Gasteiger partial charge in [-0.2, -0.15) is 13.2 Å². The highest BCUT2D eigenvalue weighted by atomic mass is 35.5. The molecule has 0 spiro atoms. The number of hydrogen-bond acceptors (Lipinski definition) is 0. The zero-order valence-electron chi connectivity index (χ0n) is 9.64. The van der Waals surface area contributed by atoms with Crippen LogP contribution in [0, 0.1) is 5.82 Å². The van der Waals surface area contributed by atoms with Crippen molar-refractivity contribution in [2.75, 3.05) is 0 Å². The predicted molar refractivity (Wildman–Crippen MR) is 65.7 cm³/mol. The van der Waals surface area contributed by atoms with Crippen molar-refractivity contribution < 1.29 is 17.6 Å². The van der Waals surface area contributed by atoms with Crippen LogP contribution < -0.4 is 0 Å². The predicted octanol–water partition coefficient (Wildman–Crippen LogP) is 5.09. The Morgan fingerprint density at radius 3 is 2.32 bits per heavy atom. The highest BCUT2D eigenvalue weighted by Crippen LogP contribution is 2.31. The molecule has 0 aliphatic carbocycles. The molecule has 100 valence electrons. The Morgan fingerprint density at radius 2 is 1.68 bits per heavy atom. The van der Waals surface area contributed by atoms with Crippen LogP contribution in [0.25, 0.3) is 0 Å². The van der Waals surface area contributed by atoms with E-state index in [1.165, 1.54) is 0 Å². The smallest absolute Gasteiger partial charge is 0.207 e. The Bertz CT molecular complexity index is 590. The summed E-state index contributed by atoms with van der Waals surface area (Å²) in [5.74, 6) is -0.896. The van der Waals surface area contributed by atoms with E-state index in [2.05, 4.69) is 0 Å². The minimum absolute atomic E-state index is 0.196. The normalized spacial score (nSPS) is 11.6. The van der Waals surface area contributed by atoms with Crippen LogP contribution in [0.2, 0.25) is 5.02 Å². The first-order chi connectivity index (χ1) is 8.84. The summed E-state index contributed by atoms with van der Waals surface area (Å²) in [6.07, 6.45) is -4.35. The van der Waals surface area contributed by atoms with Gasteiger partial charge in [-0.15, -0.1) is 0 Å². The molecule has 0 aliphatic rings. The molecule has 0 atom stereocenters. The quantitative estimate of drug-likeness (QED) is 0.675. The molecule has 0 radical (unpaired) electrons. The standard InChI is InChI=1S/C14H9ClF4/c15-12-3-1-2-9(6-12)4-10-5-11(14(17,18)19)8-13(16)7-10/h1-3,5-8H,4H2. The van der Waals surface area contributed by atoms with E-state index in [1.54, 1.807) is 24.3 Å². The summed E-state index contributed by atoms with van der Waals surface area (Å²) in [7, 11) is 0. The summed E-state index contributed by atoms with van der Waals surface area (Å²) in [6.45, 7) is 0. The lowest BCUT2D eigenvalue weighted by atomic mass is 10.0. The van der Waals surface area contributed by atoms with E-state index in [1.807, 2.05) is 0 Å². The SMILES string of the molecule is Fc1cc(Cc2cccc(Cl)c2)cc(C(F)(F)F)c1. The Balaban J connectivity index is 2.33. The fourth-order valence-corrected chi connectivity index (χ4v) is 2.01. The molecule has 5 heteroatoms. The van der Waals surface area contributed by atoms with Crippen LogP contribution in [0.5, 0.6) is 0 Å². The monoisotopic (exact) mass is 288 g/mol. The van der Waals surface area contributed by atoms with Gasteiger partial charge < -0.3 is 0 Å². The van der Waals surface area contributed by atoms with Gasteiger partial charge in [0, 0.05) is 5.02 Å². The lowest BCUT2D eigenvalue weighted by Gasteiger charge is -2.09. The van der Waals surface area contributed by atoms with Crippen molar-refractivity contribution >= 4 is 11.6 Å². The van der Waals surface area contributed by atoms with E-state index in [-0.39, 0.29) is 12.0 Å². The average molecular weight is 289 g/mol. The fraction of sp³-hybridized carbons (Fsp3) is 0.143. The minimum Gasteiger partial charge on any atom is -0.207 e. The highest BCUT2D eigenvalue weighted by molar-refractivity contribution is 6.30. The third kappa shape index (κ3) is 3.70. The summed E-state index contributed by atoms with van der Waals surface area (Å²) >= 11 is 5.79. The molecular weight excluding hydrogens is 280 g/mol. The lowest BCUT2D eigenvalue weighted by molar-refractivity contribution is -0.137. The second kappa shape index (κ2) is 5.21. The van der Waals surface area contributed by atoms with Crippen LogP contribution in [0.1, 0.15) is 16.7 Å². The lowest BCUT2D eigenvalue weighted by Crippen LogP contribution is -2.06. The molecule has 0 saturated heterocycles. The topological polar surface area (TPSA) is 0 Å². The number of hydrogen-bond donors (Lipinski definition) is 0. The molecule has 0 aromatic heterocycles. The molecule has 0 aliphatic heterocycles. The van der Waals surface area contributed by atoms with Gasteiger partial charge in [0.1, 0.15) is 5.82 Å². The molecule has 0 saturated carbocycles. The summed E-state index contributed by atoms with van der Waals surface area (Å²) in [6, 6.07) is 9.25. The molecule has 0 N–H and O–H groups in total. The van der Waals surface area contributed by atoms with Crippen LogP contribution in [-0.4, -0.2) is 0 Å². The maximum Gasteiger partial charge on any atom is 0.416 e. The van der Waals surface area contributed by atoms with E-state index in [4.69, 9.17) is 11.6 Å². The van der Waals surface area contributed by atoms with E-state index < -0.39 is 17.6 Å². The van der Waals surface area contributed by atoms with E-state index in [0.717, 1.165) is 17.7 Å². The largest absolute Gasteiger partial charge is 0.416 e. The number of benzene rings is 2. The van der Waals surface area contributed by atoms with Crippen LogP contribution in [-0.2, 0) is 12.6 Å². The van der Waals surface area contributed by atoms with E-state index in [0.29, 0.717) is 11.1 Å². The summed E-state index contributed by atoms with van der Waals surface area (Å²) in [5.41, 5.74) is 0.00495. The Labute approximate surface area is 112 Å². The maximum absolute atomic E-state index is 13.2. The Kier molecular flexibility index (Phi) is 3.80. The summed E-state index contributed by atoms with van der Waals surface area (Å²) < 4.78 is 50.9. The second-order valence-corrected chi connectivity index (χ2v) is 4.59. The van der Waals surface area contributed by atoms with Gasteiger partial charge in [0.15, 0.2) is 0 Å². The highest BCUT2D eigenvalue weighted by Gasteiger charge is 2.31. The molecule has 2 aromatic carbocycles. The Morgan fingerprint density at radius 1 is 0.947 bits per heavy atom. The molecule has 19 heavy (non-hydrogen) atoms. The zero-order chi connectivity index (χ0) is 14.0. The first-order valence-corrected chi connectivity index (χ1v) is 5.83. The fourth-order valence-electron chi connectivity index (χ4n) is 1.80. The molecule has 0 bridgehead atoms. The van der Waals surface area contributed by atoms with Gasteiger partial charge in [0.05, 0.1) is 5.56 Å². The van der Waals surface area contributed by atoms with E-state index in [9.17, 15) is 17.6 Å². The van der Waals surface area contributed by atoms with Gasteiger partial charge in [-0.3, -0.25) is 0 Å². The van der Waals surface area contributed by atoms with Gasteiger partial charge in [0.25, 0.3) is 0 Å². The molecular formula is C14H9ClF4. The van der Waals surface area contributed by atoms with Crippen molar-refractivity contribution in [1.29, 1.82) is 0 Å². The van der Waals surface area contributed by atoms with Gasteiger partial charge in [-0.05, 0) is 47.9 Å². The molecule has 2 rings (SSSR count). The maximum atomic E-state index is 13.2. The average Bonchev–Trinajstić information content (AvgIpc) is 2.26. The van der Waals surface area contributed by atoms with Crippen molar-refractivity contribution in [3.8, 4) is 0 Å². The molecule has 0 unspecified atom stereocenters. The first-order valence-electron chi connectivity index (χ1n) is 5.46. The number of alkyl halides is 3. The van der Waals surface area contributed by atoms with Gasteiger partial charge >= 0.3 is 6.18 Å². The second-order valence-electron chi connectivity index (χ2n) is 4.15. The third-order valence-corrected chi connectivity index (χ3v) is 2.82. The molecule has 0 nitrogen and oxygen atoms in total. The zero-order valence-corrected chi connectivity index (χ0v) is 10.4. The van der Waals surface area contributed by atoms with Crippen molar-refractivity contribution in [1.82, 2.24) is 0 Å². The van der Waals surface area contributed by atoms with Crippen molar-refractivity contribution in [3.63, 3.8) is 0 Å². The molecule has 2 aromatic rings. The Hall–Kier alpha value is -1.55. The summed E-state index contributed by atoms with van der Waals surface area (Å²) in [5, 5.41) is 0.491. The van der Waals surface area contributed by atoms with Gasteiger partial charge in [0.2, 0.25) is 0 Å². The van der Waals surface area contributed by atoms with Crippen LogP contribution in [0.4, 0.5) is 17.6 Å². The number of rotatable bonds is 2. The van der Waals surface area contributed by atoms with Crippen LogP contribution >= 0.6 is 11.6 Å². The molecule has 0 heterocycles. The van der Waals surface area contributed by atoms with Crippen LogP contribution in [0.15, 0.2) is 42.5 Å².